The minimum absolute atomic E-state index is 0.00917. The lowest BCUT2D eigenvalue weighted by Crippen LogP contribution is -2.22. The molecule has 17 heavy (non-hydrogen) atoms. The van der Waals surface area contributed by atoms with Crippen LogP contribution in [0.3, 0.4) is 0 Å². The van der Waals surface area contributed by atoms with E-state index in [1.165, 1.54) is 6.92 Å². The summed E-state index contributed by atoms with van der Waals surface area (Å²) >= 11 is 0. The van der Waals surface area contributed by atoms with E-state index < -0.39 is 0 Å². The van der Waals surface area contributed by atoms with Crippen molar-refractivity contribution < 1.29 is 9.59 Å². The molecule has 0 saturated heterocycles. The molecule has 0 saturated carbocycles. The van der Waals surface area contributed by atoms with E-state index in [1.807, 2.05) is 13.0 Å². The molecule has 0 radical (unpaired) electrons. The molecule has 0 unspecified atom stereocenters. The van der Waals surface area contributed by atoms with Gasteiger partial charge >= 0.3 is 0 Å². The van der Waals surface area contributed by atoms with Crippen molar-refractivity contribution in [1.82, 2.24) is 10.6 Å². The average molecular weight is 240 g/mol. The number of carbonyl (C=O) groups excluding carboxylic acids is 2. The number of rotatable bonds is 9. The van der Waals surface area contributed by atoms with Crippen LogP contribution < -0.4 is 10.6 Å². The van der Waals surface area contributed by atoms with Gasteiger partial charge in [0.15, 0.2) is 0 Å². The van der Waals surface area contributed by atoms with Gasteiger partial charge in [0.1, 0.15) is 0 Å². The quantitative estimate of drug-likeness (QED) is 0.476. The molecule has 98 valence electrons. The molecule has 0 heterocycles. The molecule has 0 fully saturated rings. The van der Waals surface area contributed by atoms with Crippen molar-refractivity contribution in [2.45, 2.75) is 46.0 Å². The maximum atomic E-state index is 11.2. The van der Waals surface area contributed by atoms with Crippen LogP contribution in [0.15, 0.2) is 12.2 Å². The van der Waals surface area contributed by atoms with E-state index in [0.29, 0.717) is 0 Å². The third kappa shape index (κ3) is 12.6. The lowest BCUT2D eigenvalue weighted by molar-refractivity contribution is -0.119. The van der Waals surface area contributed by atoms with E-state index in [4.69, 9.17) is 0 Å². The highest BCUT2D eigenvalue weighted by Gasteiger charge is 1.95. The van der Waals surface area contributed by atoms with Crippen LogP contribution >= 0.6 is 0 Å². The summed E-state index contributed by atoms with van der Waals surface area (Å²) in [5, 5.41) is 5.59. The van der Waals surface area contributed by atoms with Crippen molar-refractivity contribution in [1.29, 1.82) is 0 Å². The Bertz CT molecular complexity index is 250. The Hall–Kier alpha value is -1.32. The van der Waals surface area contributed by atoms with Crippen molar-refractivity contribution in [3.63, 3.8) is 0 Å². The van der Waals surface area contributed by atoms with Gasteiger partial charge in [-0.2, -0.15) is 0 Å². The zero-order chi connectivity index (χ0) is 12.9. The standard InChI is InChI=1S/C13H24N2O2/c1-3-4-9-13(17)15-11-8-6-5-7-10-14-12(2)16/h4,9H,3,5-8,10-11H2,1-2H3,(H,14,16)(H,15,17)/b9-4+. The smallest absolute Gasteiger partial charge is 0.243 e. The summed E-state index contributed by atoms with van der Waals surface area (Å²) in [6.07, 6.45) is 8.48. The van der Waals surface area contributed by atoms with Crippen LogP contribution in [-0.2, 0) is 9.59 Å². The SMILES string of the molecule is CC/C=C/C(=O)NCCCCCCNC(C)=O. The first-order valence-electron chi connectivity index (χ1n) is 6.35. The summed E-state index contributed by atoms with van der Waals surface area (Å²) in [5.41, 5.74) is 0. The van der Waals surface area contributed by atoms with E-state index in [-0.39, 0.29) is 11.8 Å². The molecule has 0 atom stereocenters. The lowest BCUT2D eigenvalue weighted by Gasteiger charge is -2.03. The Morgan fingerprint density at radius 2 is 1.59 bits per heavy atom. The summed E-state index contributed by atoms with van der Waals surface area (Å²) in [5.74, 6) is 0.0186. The summed E-state index contributed by atoms with van der Waals surface area (Å²) in [6, 6.07) is 0. The van der Waals surface area contributed by atoms with Crippen LogP contribution in [0, 0.1) is 0 Å². The van der Waals surface area contributed by atoms with E-state index in [2.05, 4.69) is 10.6 Å². The van der Waals surface area contributed by atoms with E-state index in [1.54, 1.807) is 6.08 Å². The summed E-state index contributed by atoms with van der Waals surface area (Å²) in [6.45, 7) is 5.01. The highest BCUT2D eigenvalue weighted by atomic mass is 16.2. The Labute approximate surface area is 104 Å². The highest BCUT2D eigenvalue weighted by Crippen LogP contribution is 1.97. The molecule has 0 aliphatic rings. The van der Waals surface area contributed by atoms with Crippen molar-refractivity contribution >= 4 is 11.8 Å². The van der Waals surface area contributed by atoms with Crippen LogP contribution in [0.5, 0.6) is 0 Å². The largest absolute Gasteiger partial charge is 0.356 e. The molecule has 0 aromatic carbocycles. The van der Waals surface area contributed by atoms with Gasteiger partial charge in [-0.05, 0) is 25.3 Å². The molecule has 4 heteroatoms. The Morgan fingerprint density at radius 3 is 2.12 bits per heavy atom. The van der Waals surface area contributed by atoms with Crippen molar-refractivity contribution in [3.8, 4) is 0 Å². The number of nitrogens with one attached hydrogen (secondary N) is 2. The van der Waals surface area contributed by atoms with Gasteiger partial charge in [-0.1, -0.05) is 25.8 Å². The predicted octanol–water partition coefficient (Wildman–Crippen LogP) is 1.77. The average Bonchev–Trinajstić information content (AvgIpc) is 2.29. The van der Waals surface area contributed by atoms with E-state index >= 15 is 0 Å². The van der Waals surface area contributed by atoms with Crippen molar-refractivity contribution in [2.24, 2.45) is 0 Å². The van der Waals surface area contributed by atoms with E-state index in [9.17, 15) is 9.59 Å². The zero-order valence-electron chi connectivity index (χ0n) is 10.9. The fourth-order valence-corrected chi connectivity index (χ4v) is 1.36. The fourth-order valence-electron chi connectivity index (χ4n) is 1.36. The Kier molecular flexibility index (Phi) is 10.3. The first-order valence-corrected chi connectivity index (χ1v) is 6.35. The molecule has 0 aromatic rings. The highest BCUT2D eigenvalue weighted by molar-refractivity contribution is 5.87. The second kappa shape index (κ2) is 11.2. The van der Waals surface area contributed by atoms with E-state index in [0.717, 1.165) is 45.2 Å². The maximum absolute atomic E-state index is 11.2. The maximum Gasteiger partial charge on any atom is 0.243 e. The Balaban J connectivity index is 3.21. The molecule has 0 spiro atoms. The number of amides is 2. The number of unbranched alkanes of at least 4 members (excludes halogenated alkanes) is 3. The van der Waals surface area contributed by atoms with Gasteiger partial charge in [0.2, 0.25) is 11.8 Å². The summed E-state index contributed by atoms with van der Waals surface area (Å²) in [7, 11) is 0. The first-order chi connectivity index (χ1) is 8.16. The molecule has 2 amide bonds. The molecule has 0 aromatic heterocycles. The molecule has 0 aliphatic carbocycles. The van der Waals surface area contributed by atoms with Crippen molar-refractivity contribution in [2.75, 3.05) is 13.1 Å². The fraction of sp³-hybridized carbons (Fsp3) is 0.692. The monoisotopic (exact) mass is 240 g/mol. The number of hydrogen-bond acceptors (Lipinski definition) is 2. The second-order valence-corrected chi connectivity index (χ2v) is 4.00. The number of carbonyl (C=O) groups is 2. The molecular formula is C13H24N2O2. The van der Waals surface area contributed by atoms with Gasteiger partial charge in [0.25, 0.3) is 0 Å². The molecule has 0 aliphatic heterocycles. The molecule has 2 N–H and O–H groups in total. The van der Waals surface area contributed by atoms with Crippen LogP contribution in [0.2, 0.25) is 0 Å². The second-order valence-electron chi connectivity index (χ2n) is 4.00. The number of allylic oxidation sites excluding steroid dienone is 1. The molecule has 0 bridgehead atoms. The Morgan fingerprint density at radius 1 is 1.00 bits per heavy atom. The predicted molar refractivity (Wildman–Crippen MR) is 69.6 cm³/mol. The van der Waals surface area contributed by atoms with Gasteiger partial charge in [-0.25, -0.2) is 0 Å². The van der Waals surface area contributed by atoms with Crippen LogP contribution in [0.4, 0.5) is 0 Å². The van der Waals surface area contributed by atoms with Crippen LogP contribution in [0.1, 0.15) is 46.0 Å². The molecule has 0 rings (SSSR count). The number of hydrogen-bond donors (Lipinski definition) is 2. The van der Waals surface area contributed by atoms with Gasteiger partial charge in [-0.3, -0.25) is 9.59 Å². The van der Waals surface area contributed by atoms with Crippen molar-refractivity contribution in [3.05, 3.63) is 12.2 Å². The third-order valence-electron chi connectivity index (χ3n) is 2.28. The molecular weight excluding hydrogens is 216 g/mol. The van der Waals surface area contributed by atoms with Gasteiger partial charge in [0, 0.05) is 20.0 Å². The van der Waals surface area contributed by atoms with Crippen LogP contribution in [0.25, 0.3) is 0 Å². The minimum atomic E-state index is -0.00917. The van der Waals surface area contributed by atoms with Gasteiger partial charge in [0.05, 0.1) is 0 Å². The third-order valence-corrected chi connectivity index (χ3v) is 2.28. The lowest BCUT2D eigenvalue weighted by atomic mass is 10.2. The normalized spacial score (nSPS) is 10.5. The minimum Gasteiger partial charge on any atom is -0.356 e. The van der Waals surface area contributed by atoms with Crippen LogP contribution in [-0.4, -0.2) is 24.9 Å². The topological polar surface area (TPSA) is 58.2 Å². The van der Waals surface area contributed by atoms with Gasteiger partial charge in [-0.15, -0.1) is 0 Å². The molecule has 4 nitrogen and oxygen atoms in total. The first kappa shape index (κ1) is 15.7. The summed E-state index contributed by atoms with van der Waals surface area (Å²) < 4.78 is 0. The zero-order valence-corrected chi connectivity index (χ0v) is 10.9. The summed E-state index contributed by atoms with van der Waals surface area (Å²) in [4.78, 5) is 21.7. The van der Waals surface area contributed by atoms with Gasteiger partial charge < -0.3 is 10.6 Å².